The van der Waals surface area contributed by atoms with Crippen molar-refractivity contribution in [1.29, 1.82) is 0 Å². The molecule has 1 aromatic rings. The lowest BCUT2D eigenvalue weighted by Crippen LogP contribution is -2.46. The van der Waals surface area contributed by atoms with Crippen molar-refractivity contribution in [3.8, 4) is 0 Å². The van der Waals surface area contributed by atoms with Crippen LogP contribution in [0.3, 0.4) is 0 Å². The minimum atomic E-state index is -0.738. The van der Waals surface area contributed by atoms with Crippen LogP contribution in [0.25, 0.3) is 0 Å². The van der Waals surface area contributed by atoms with Crippen LogP contribution in [0, 0.1) is 12.8 Å². The normalized spacial score (nSPS) is 12.2. The average molecular weight is 279 g/mol. The van der Waals surface area contributed by atoms with E-state index in [0.29, 0.717) is 12.1 Å². The Balaban J connectivity index is 3.01. The molecule has 0 bridgehead atoms. The molecule has 6 nitrogen and oxygen atoms in total. The van der Waals surface area contributed by atoms with E-state index in [1.54, 1.807) is 18.5 Å². The van der Waals surface area contributed by atoms with E-state index in [2.05, 4.69) is 5.32 Å². The van der Waals surface area contributed by atoms with Crippen LogP contribution >= 0.6 is 0 Å². The van der Waals surface area contributed by atoms with Gasteiger partial charge < -0.3 is 15.6 Å². The first-order chi connectivity index (χ1) is 9.22. The Morgan fingerprint density at radius 1 is 1.35 bits per heavy atom. The second kappa shape index (κ2) is 6.36. The van der Waals surface area contributed by atoms with Crippen LogP contribution in [0.2, 0.25) is 0 Å². The van der Waals surface area contributed by atoms with E-state index in [9.17, 15) is 14.4 Å². The quantitative estimate of drug-likeness (QED) is 0.813. The zero-order chi connectivity index (χ0) is 15.4. The fourth-order valence-electron chi connectivity index (χ4n) is 1.93. The Hall–Kier alpha value is -2.11. The van der Waals surface area contributed by atoms with E-state index in [-0.39, 0.29) is 17.0 Å². The van der Waals surface area contributed by atoms with E-state index in [0.717, 1.165) is 0 Å². The second-order valence-corrected chi connectivity index (χ2v) is 5.33. The number of hydrogen-bond donors (Lipinski definition) is 2. The van der Waals surface area contributed by atoms with Crippen molar-refractivity contribution in [3.63, 3.8) is 0 Å². The van der Waals surface area contributed by atoms with Crippen molar-refractivity contribution in [2.45, 2.75) is 33.2 Å². The Labute approximate surface area is 118 Å². The Kier molecular flexibility index (Phi) is 5.07. The summed E-state index contributed by atoms with van der Waals surface area (Å²) in [6.07, 6.45) is 0.459. The fourth-order valence-corrected chi connectivity index (χ4v) is 1.93. The highest BCUT2D eigenvalue weighted by atomic mass is 16.2. The van der Waals surface area contributed by atoms with E-state index < -0.39 is 17.9 Å². The predicted octanol–water partition coefficient (Wildman–Crippen LogP) is 0.324. The number of carbonyl (C=O) groups excluding carboxylic acids is 2. The summed E-state index contributed by atoms with van der Waals surface area (Å²) < 4.78 is 1.60. The highest BCUT2D eigenvalue weighted by Gasteiger charge is 2.21. The maximum atomic E-state index is 12.2. The number of nitrogens with two attached hydrogens (primary N) is 1. The van der Waals surface area contributed by atoms with Gasteiger partial charge >= 0.3 is 0 Å². The molecule has 0 spiro atoms. The minimum absolute atomic E-state index is 0.213. The van der Waals surface area contributed by atoms with Gasteiger partial charge in [0.2, 0.25) is 5.91 Å². The third-order valence-corrected chi connectivity index (χ3v) is 3.11. The summed E-state index contributed by atoms with van der Waals surface area (Å²) in [5, 5.41) is 2.59. The number of pyridine rings is 1. The third kappa shape index (κ3) is 3.94. The van der Waals surface area contributed by atoms with Crippen LogP contribution in [0.5, 0.6) is 0 Å². The molecule has 0 fully saturated rings. The predicted molar refractivity (Wildman–Crippen MR) is 76.3 cm³/mol. The molecule has 0 saturated heterocycles. The molecule has 1 aromatic heterocycles. The van der Waals surface area contributed by atoms with Gasteiger partial charge in [-0.1, -0.05) is 13.8 Å². The number of primary amides is 1. The lowest BCUT2D eigenvalue weighted by atomic mass is 10.0. The molecule has 0 aliphatic carbocycles. The Bertz CT molecular complexity index is 576. The maximum Gasteiger partial charge on any atom is 0.268 e. The fraction of sp³-hybridized carbons (Fsp3) is 0.500. The van der Waals surface area contributed by atoms with Crippen LogP contribution < -0.4 is 16.5 Å². The first-order valence-corrected chi connectivity index (χ1v) is 6.50. The largest absolute Gasteiger partial charge is 0.368 e. The van der Waals surface area contributed by atoms with Crippen molar-refractivity contribution in [2.75, 3.05) is 0 Å². The molecule has 1 atom stereocenters. The standard InChI is InChI=1S/C14H21N3O3/c1-8(2)5-11(13(15)19)16-14(20)12-7-10(18)6-9(3)17(12)4/h6-8,11H,5H2,1-4H3,(H2,15,19)(H,16,20)/t11-/m0/s1. The van der Waals surface area contributed by atoms with Gasteiger partial charge in [0.15, 0.2) is 5.43 Å². The molecule has 2 amide bonds. The number of nitrogens with zero attached hydrogens (tertiary/aromatic N) is 1. The first-order valence-electron chi connectivity index (χ1n) is 6.50. The SMILES string of the molecule is Cc1cc(=O)cc(C(=O)N[C@@H](CC(C)C)C(N)=O)n1C. The number of rotatable bonds is 5. The number of aromatic nitrogens is 1. The van der Waals surface area contributed by atoms with Crippen molar-refractivity contribution >= 4 is 11.8 Å². The van der Waals surface area contributed by atoms with Gasteiger partial charge in [-0.05, 0) is 19.3 Å². The van der Waals surface area contributed by atoms with Crippen LogP contribution in [0.4, 0.5) is 0 Å². The first kappa shape index (κ1) is 15.9. The third-order valence-electron chi connectivity index (χ3n) is 3.11. The number of carbonyl (C=O) groups is 2. The molecular formula is C14H21N3O3. The molecule has 0 radical (unpaired) electrons. The van der Waals surface area contributed by atoms with Crippen LogP contribution in [-0.4, -0.2) is 22.4 Å². The topological polar surface area (TPSA) is 94.2 Å². The zero-order valence-corrected chi connectivity index (χ0v) is 12.3. The summed E-state index contributed by atoms with van der Waals surface area (Å²) in [5.41, 5.74) is 5.92. The van der Waals surface area contributed by atoms with E-state index >= 15 is 0 Å². The Morgan fingerprint density at radius 3 is 2.45 bits per heavy atom. The highest BCUT2D eigenvalue weighted by Crippen LogP contribution is 2.06. The molecule has 0 aliphatic heterocycles. The summed E-state index contributed by atoms with van der Waals surface area (Å²) in [7, 11) is 1.69. The molecule has 3 N–H and O–H groups in total. The molecular weight excluding hydrogens is 258 g/mol. The van der Waals surface area contributed by atoms with Crippen LogP contribution in [0.1, 0.15) is 36.5 Å². The van der Waals surface area contributed by atoms with Crippen molar-refractivity contribution in [3.05, 3.63) is 33.7 Å². The highest BCUT2D eigenvalue weighted by molar-refractivity contribution is 5.96. The molecule has 0 aliphatic rings. The van der Waals surface area contributed by atoms with Crippen LogP contribution in [0.15, 0.2) is 16.9 Å². The van der Waals surface area contributed by atoms with Crippen molar-refractivity contribution in [1.82, 2.24) is 9.88 Å². The molecule has 0 saturated carbocycles. The van der Waals surface area contributed by atoms with Crippen LogP contribution in [-0.2, 0) is 11.8 Å². The average Bonchev–Trinajstić information content (AvgIpc) is 2.32. The number of nitrogens with one attached hydrogen (secondary N) is 1. The molecule has 1 heterocycles. The second-order valence-electron chi connectivity index (χ2n) is 5.33. The van der Waals surface area contributed by atoms with Gasteiger partial charge in [-0.2, -0.15) is 0 Å². The zero-order valence-electron chi connectivity index (χ0n) is 12.3. The van der Waals surface area contributed by atoms with Gasteiger partial charge in [-0.3, -0.25) is 14.4 Å². The number of hydrogen-bond acceptors (Lipinski definition) is 3. The van der Waals surface area contributed by atoms with E-state index in [4.69, 9.17) is 5.73 Å². The molecule has 20 heavy (non-hydrogen) atoms. The minimum Gasteiger partial charge on any atom is -0.368 e. The van der Waals surface area contributed by atoms with Gasteiger partial charge in [-0.15, -0.1) is 0 Å². The Morgan fingerprint density at radius 2 is 1.95 bits per heavy atom. The smallest absolute Gasteiger partial charge is 0.268 e. The summed E-state index contributed by atoms with van der Waals surface area (Å²) in [4.78, 5) is 35.0. The molecule has 0 unspecified atom stereocenters. The van der Waals surface area contributed by atoms with Gasteiger partial charge in [0.25, 0.3) is 5.91 Å². The monoisotopic (exact) mass is 279 g/mol. The lowest BCUT2D eigenvalue weighted by Gasteiger charge is -2.19. The number of aryl methyl sites for hydroxylation is 1. The lowest BCUT2D eigenvalue weighted by molar-refractivity contribution is -0.120. The van der Waals surface area contributed by atoms with Gasteiger partial charge in [0.05, 0.1) is 0 Å². The summed E-state index contributed by atoms with van der Waals surface area (Å²) in [6, 6.07) is 1.95. The van der Waals surface area contributed by atoms with Gasteiger partial charge in [0.1, 0.15) is 11.7 Å². The van der Waals surface area contributed by atoms with E-state index in [1.807, 2.05) is 13.8 Å². The summed E-state index contributed by atoms with van der Waals surface area (Å²) in [5.74, 6) is -0.836. The summed E-state index contributed by atoms with van der Waals surface area (Å²) in [6.45, 7) is 5.60. The summed E-state index contributed by atoms with van der Waals surface area (Å²) >= 11 is 0. The number of amides is 2. The van der Waals surface area contributed by atoms with Gasteiger partial charge in [0, 0.05) is 24.9 Å². The molecule has 0 aromatic carbocycles. The maximum absolute atomic E-state index is 12.2. The van der Waals surface area contributed by atoms with Crippen molar-refractivity contribution in [2.24, 2.45) is 18.7 Å². The van der Waals surface area contributed by atoms with Crippen molar-refractivity contribution < 1.29 is 9.59 Å². The molecule has 6 heteroatoms. The van der Waals surface area contributed by atoms with Gasteiger partial charge in [-0.25, -0.2) is 0 Å². The molecule has 110 valence electrons. The molecule has 1 rings (SSSR count). The van der Waals surface area contributed by atoms with E-state index in [1.165, 1.54) is 12.1 Å².